The van der Waals surface area contributed by atoms with Crippen molar-refractivity contribution in [3.8, 4) is 5.75 Å². The second-order valence-electron chi connectivity index (χ2n) is 16.5. The number of carbonyl (C=O) groups excluding carboxylic acids is 8. The van der Waals surface area contributed by atoms with Crippen LogP contribution in [0.4, 0.5) is 0 Å². The monoisotopic (exact) mass is 1020 g/mol. The topological polar surface area (TPSA) is 284 Å². The molecular formula is C48H60O24. The molecule has 0 amide bonds. The third-order valence-electron chi connectivity index (χ3n) is 10.7. The molecule has 396 valence electrons. The van der Waals surface area contributed by atoms with Crippen LogP contribution in [0.1, 0.15) is 66.5 Å². The van der Waals surface area contributed by atoms with Gasteiger partial charge in [0.1, 0.15) is 49.5 Å². The van der Waals surface area contributed by atoms with Gasteiger partial charge < -0.3 is 75.8 Å². The quantitative estimate of drug-likeness (QED) is 0.128. The van der Waals surface area contributed by atoms with Gasteiger partial charge in [0.25, 0.3) is 0 Å². The molecule has 0 spiro atoms. The highest BCUT2D eigenvalue weighted by atomic mass is 16.8. The first kappa shape index (κ1) is 56.6. The summed E-state index contributed by atoms with van der Waals surface area (Å²) < 4.78 is 95.1. The maximum absolute atomic E-state index is 12.9. The zero-order valence-electron chi connectivity index (χ0n) is 41.1. The zero-order chi connectivity index (χ0) is 52.6. The van der Waals surface area contributed by atoms with Crippen LogP contribution in [0.2, 0.25) is 0 Å². The van der Waals surface area contributed by atoms with Gasteiger partial charge in [-0.05, 0) is 23.3 Å². The third-order valence-corrected chi connectivity index (χ3v) is 10.7. The van der Waals surface area contributed by atoms with Gasteiger partial charge in [-0.1, -0.05) is 42.5 Å². The summed E-state index contributed by atoms with van der Waals surface area (Å²) in [5, 5.41) is 0. The molecule has 0 aliphatic carbocycles. The molecule has 0 N–H and O–H groups in total. The number of methoxy groups -OCH3 is 1. The smallest absolute Gasteiger partial charge is 0.303 e. The van der Waals surface area contributed by atoms with Crippen LogP contribution in [-0.2, 0) is 123 Å². The van der Waals surface area contributed by atoms with E-state index in [2.05, 4.69) is 0 Å². The molecule has 0 radical (unpaired) electrons. The van der Waals surface area contributed by atoms with Crippen molar-refractivity contribution in [1.29, 1.82) is 0 Å². The highest BCUT2D eigenvalue weighted by Gasteiger charge is 2.58. The molecule has 2 aromatic carbocycles. The van der Waals surface area contributed by atoms with Gasteiger partial charge in [-0.25, -0.2) is 0 Å². The Morgan fingerprint density at radius 2 is 0.861 bits per heavy atom. The average molecular weight is 1020 g/mol. The average Bonchev–Trinajstić information content (AvgIpc) is 3.30. The molecule has 3 aliphatic rings. The van der Waals surface area contributed by atoms with Crippen molar-refractivity contribution in [3.63, 3.8) is 0 Å². The largest absolute Gasteiger partial charge is 0.497 e. The van der Waals surface area contributed by atoms with Crippen LogP contribution in [0.3, 0.4) is 0 Å². The Morgan fingerprint density at radius 3 is 1.31 bits per heavy atom. The van der Waals surface area contributed by atoms with Crippen molar-refractivity contribution < 1.29 is 114 Å². The van der Waals surface area contributed by atoms with Crippen molar-refractivity contribution >= 4 is 47.8 Å². The van der Waals surface area contributed by atoms with Crippen LogP contribution in [0, 0.1) is 0 Å². The summed E-state index contributed by atoms with van der Waals surface area (Å²) >= 11 is 0. The van der Waals surface area contributed by atoms with E-state index in [1.807, 2.05) is 0 Å². The van der Waals surface area contributed by atoms with Crippen molar-refractivity contribution in [3.05, 3.63) is 65.7 Å². The summed E-state index contributed by atoms with van der Waals surface area (Å²) in [6.07, 6.45) is -21.9. The maximum atomic E-state index is 12.9. The highest BCUT2D eigenvalue weighted by Crippen LogP contribution is 2.37. The second-order valence-corrected chi connectivity index (χ2v) is 16.5. The van der Waals surface area contributed by atoms with Crippen molar-refractivity contribution in [1.82, 2.24) is 0 Å². The standard InChI is InChI=1S/C48H60O24/c1-24(49)58-21-36-39(63-26(3)51)41(65-28(5)53)44(67-30(7)55)47(70-36)69-35-23-62-46(61-20-32-13-11-10-12-14-32)43(38(35)60-19-33-15-17-34(57-9)18-16-33)72-48-45(68-31(8)56)42(66-29(6)54)40(64-27(4)52)37(71-48)22-59-25(2)50/h10-18,35-48H,19-23H2,1-9H3/t35-,36+,37+,38-,39+,40+,41-,42-,43+,44+,45+,46+,47+,48-/m0/s1. The molecule has 0 bridgehead atoms. The first-order chi connectivity index (χ1) is 34.2. The summed E-state index contributed by atoms with van der Waals surface area (Å²) in [5.74, 6) is -6.29. The van der Waals surface area contributed by atoms with E-state index in [4.69, 9.17) is 75.8 Å². The van der Waals surface area contributed by atoms with E-state index in [0.29, 0.717) is 16.9 Å². The summed E-state index contributed by atoms with van der Waals surface area (Å²) in [7, 11) is 1.49. The van der Waals surface area contributed by atoms with Gasteiger partial charge in [0.05, 0.1) is 26.9 Å². The molecule has 24 heteroatoms. The van der Waals surface area contributed by atoms with Gasteiger partial charge in [-0.2, -0.15) is 0 Å². The summed E-state index contributed by atoms with van der Waals surface area (Å²) in [5.41, 5.74) is 1.29. The predicted molar refractivity (Wildman–Crippen MR) is 236 cm³/mol. The molecule has 14 atom stereocenters. The van der Waals surface area contributed by atoms with E-state index in [1.54, 1.807) is 54.6 Å². The Labute approximate surface area is 414 Å². The summed E-state index contributed by atoms with van der Waals surface area (Å²) in [6.45, 7) is 6.79. The molecule has 3 fully saturated rings. The lowest BCUT2D eigenvalue weighted by Crippen LogP contribution is -2.67. The molecule has 24 nitrogen and oxygen atoms in total. The Bertz CT molecular complexity index is 2170. The fourth-order valence-corrected chi connectivity index (χ4v) is 7.94. The number of hydrogen-bond acceptors (Lipinski definition) is 24. The molecule has 0 unspecified atom stereocenters. The Balaban J connectivity index is 1.66. The maximum Gasteiger partial charge on any atom is 0.303 e. The first-order valence-electron chi connectivity index (χ1n) is 22.7. The van der Waals surface area contributed by atoms with Crippen LogP contribution in [0.5, 0.6) is 5.75 Å². The van der Waals surface area contributed by atoms with Gasteiger partial charge in [0, 0.05) is 55.4 Å². The molecule has 2 aromatic rings. The van der Waals surface area contributed by atoms with Gasteiger partial charge in [-0.3, -0.25) is 38.4 Å². The molecule has 0 aromatic heterocycles. The van der Waals surface area contributed by atoms with E-state index in [9.17, 15) is 38.4 Å². The minimum Gasteiger partial charge on any atom is -0.497 e. The van der Waals surface area contributed by atoms with Gasteiger partial charge in [0.15, 0.2) is 55.5 Å². The van der Waals surface area contributed by atoms with Crippen molar-refractivity contribution in [2.45, 2.75) is 155 Å². The molecule has 72 heavy (non-hydrogen) atoms. The fourth-order valence-electron chi connectivity index (χ4n) is 7.94. The van der Waals surface area contributed by atoms with E-state index in [0.717, 1.165) is 55.4 Å². The summed E-state index contributed by atoms with van der Waals surface area (Å²) in [6, 6.07) is 15.7. The minimum atomic E-state index is -1.81. The van der Waals surface area contributed by atoms with Crippen molar-refractivity contribution in [2.24, 2.45) is 0 Å². The molecule has 3 aliphatic heterocycles. The third kappa shape index (κ3) is 16.6. The number of carbonyl (C=O) groups is 8. The fraction of sp³-hybridized carbons (Fsp3) is 0.583. The minimum absolute atomic E-state index is 0.0830. The SMILES string of the molecule is COc1ccc(CO[C@@H]2[C@@H](O[C@@H]3O[C@H](COC(C)=O)[C@@H](OC(C)=O)[C@H](OC(C)=O)[C@H]3OC(C)=O)[C@H](OCc3ccccc3)OC[C@@H]2O[C@@H]2O[C@H](COC(C)=O)[C@@H](OC(C)=O)[C@H](OC(C)=O)[C@H]2OC(C)=O)cc1. The molecular weight excluding hydrogens is 961 g/mol. The lowest BCUT2D eigenvalue weighted by Gasteiger charge is -2.49. The second kappa shape index (κ2) is 27.0. The van der Waals surface area contributed by atoms with Gasteiger partial charge >= 0.3 is 47.8 Å². The van der Waals surface area contributed by atoms with Gasteiger partial charge in [0.2, 0.25) is 0 Å². The Morgan fingerprint density at radius 1 is 0.444 bits per heavy atom. The molecule has 3 heterocycles. The Kier molecular flexibility index (Phi) is 21.2. The van der Waals surface area contributed by atoms with Crippen LogP contribution < -0.4 is 4.74 Å². The molecule has 3 saturated heterocycles. The first-order valence-corrected chi connectivity index (χ1v) is 22.7. The lowest BCUT2D eigenvalue weighted by atomic mass is 9.97. The lowest BCUT2D eigenvalue weighted by molar-refractivity contribution is -0.379. The van der Waals surface area contributed by atoms with E-state index < -0.39 is 154 Å². The van der Waals surface area contributed by atoms with Crippen LogP contribution in [0.25, 0.3) is 0 Å². The number of esters is 8. The number of hydrogen-bond donors (Lipinski definition) is 0. The van der Waals surface area contributed by atoms with Crippen LogP contribution in [-0.4, -0.2) is 161 Å². The number of benzene rings is 2. The predicted octanol–water partition coefficient (Wildman–Crippen LogP) is 2.09. The highest BCUT2D eigenvalue weighted by molar-refractivity contribution is 5.70. The Hall–Kier alpha value is -6.28. The zero-order valence-corrected chi connectivity index (χ0v) is 41.1. The molecule has 5 rings (SSSR count). The number of rotatable bonds is 21. The normalized spacial score (nSPS) is 29.0. The van der Waals surface area contributed by atoms with Gasteiger partial charge in [-0.15, -0.1) is 0 Å². The van der Waals surface area contributed by atoms with E-state index in [1.165, 1.54) is 7.11 Å². The van der Waals surface area contributed by atoms with Crippen LogP contribution >= 0.6 is 0 Å². The number of ether oxygens (including phenoxy) is 16. The summed E-state index contributed by atoms with van der Waals surface area (Å²) in [4.78, 5) is 100. The van der Waals surface area contributed by atoms with Crippen molar-refractivity contribution in [2.75, 3.05) is 26.9 Å². The van der Waals surface area contributed by atoms with Crippen LogP contribution in [0.15, 0.2) is 54.6 Å². The van der Waals surface area contributed by atoms with E-state index in [-0.39, 0.29) is 13.2 Å². The molecule has 0 saturated carbocycles. The van der Waals surface area contributed by atoms with E-state index >= 15 is 0 Å².